The summed E-state index contributed by atoms with van der Waals surface area (Å²) in [6, 6.07) is 6.01. The largest absolute Gasteiger partial charge is 0.493 e. The van der Waals surface area contributed by atoms with Gasteiger partial charge in [-0.2, -0.15) is 0 Å². The molecule has 4 heteroatoms. The van der Waals surface area contributed by atoms with Gasteiger partial charge in [0.25, 0.3) is 0 Å². The van der Waals surface area contributed by atoms with E-state index in [0.717, 1.165) is 23.7 Å². The van der Waals surface area contributed by atoms with E-state index in [2.05, 4.69) is 27.7 Å². The van der Waals surface area contributed by atoms with Gasteiger partial charge in [-0.05, 0) is 29.5 Å². The fourth-order valence-corrected chi connectivity index (χ4v) is 2.22. The van der Waals surface area contributed by atoms with Crippen molar-refractivity contribution in [2.45, 2.75) is 39.9 Å². The Hall–Kier alpha value is -1.26. The van der Waals surface area contributed by atoms with E-state index in [1.807, 2.05) is 18.2 Å². The average molecular weight is 308 g/mol. The van der Waals surface area contributed by atoms with Crippen molar-refractivity contribution in [1.82, 2.24) is 0 Å². The zero-order valence-electron chi connectivity index (χ0n) is 14.3. The molecule has 1 aromatic rings. The SMILES string of the molecule is COc1cc(C2OC2COCC(C)C)ccc1OCC(C)C. The minimum absolute atomic E-state index is 0.111. The molecule has 1 aliphatic heterocycles. The third kappa shape index (κ3) is 4.89. The summed E-state index contributed by atoms with van der Waals surface area (Å²) in [6.07, 6.45) is 0.270. The highest BCUT2D eigenvalue weighted by Gasteiger charge is 2.40. The van der Waals surface area contributed by atoms with Gasteiger partial charge >= 0.3 is 0 Å². The molecule has 0 spiro atoms. The van der Waals surface area contributed by atoms with Gasteiger partial charge in [-0.1, -0.05) is 33.8 Å². The Morgan fingerprint density at radius 1 is 1.05 bits per heavy atom. The molecule has 0 saturated carbocycles. The van der Waals surface area contributed by atoms with Crippen LogP contribution in [0.3, 0.4) is 0 Å². The van der Waals surface area contributed by atoms with E-state index in [4.69, 9.17) is 18.9 Å². The molecule has 0 N–H and O–H groups in total. The number of benzene rings is 1. The summed E-state index contributed by atoms with van der Waals surface area (Å²) in [4.78, 5) is 0. The Morgan fingerprint density at radius 2 is 1.77 bits per heavy atom. The standard InChI is InChI=1S/C18H28O4/c1-12(2)9-20-11-17-18(22-17)14-6-7-15(16(8-14)19-5)21-10-13(3)4/h6-8,12-13,17-18H,9-11H2,1-5H3. The molecule has 124 valence electrons. The number of rotatable bonds is 9. The quantitative estimate of drug-likeness (QED) is 0.650. The van der Waals surface area contributed by atoms with E-state index in [9.17, 15) is 0 Å². The fourth-order valence-electron chi connectivity index (χ4n) is 2.22. The van der Waals surface area contributed by atoms with Crippen molar-refractivity contribution in [2.24, 2.45) is 11.8 Å². The van der Waals surface area contributed by atoms with Crippen LogP contribution in [-0.2, 0) is 9.47 Å². The van der Waals surface area contributed by atoms with Gasteiger partial charge in [-0.25, -0.2) is 0 Å². The lowest BCUT2D eigenvalue weighted by atomic mass is 10.1. The van der Waals surface area contributed by atoms with E-state index in [1.165, 1.54) is 0 Å². The Bertz CT molecular complexity index is 470. The third-order valence-corrected chi connectivity index (χ3v) is 3.40. The molecule has 2 atom stereocenters. The minimum Gasteiger partial charge on any atom is -0.493 e. The fraction of sp³-hybridized carbons (Fsp3) is 0.667. The van der Waals surface area contributed by atoms with E-state index in [0.29, 0.717) is 25.0 Å². The Balaban J connectivity index is 1.90. The number of epoxide rings is 1. The van der Waals surface area contributed by atoms with Gasteiger partial charge in [0.2, 0.25) is 0 Å². The van der Waals surface area contributed by atoms with Crippen LogP contribution < -0.4 is 9.47 Å². The van der Waals surface area contributed by atoms with Crippen LogP contribution in [0.2, 0.25) is 0 Å². The van der Waals surface area contributed by atoms with Crippen LogP contribution in [0.4, 0.5) is 0 Å². The van der Waals surface area contributed by atoms with Crippen LogP contribution in [0.1, 0.15) is 39.4 Å². The van der Waals surface area contributed by atoms with Crippen molar-refractivity contribution in [1.29, 1.82) is 0 Å². The van der Waals surface area contributed by atoms with Gasteiger partial charge in [-0.3, -0.25) is 0 Å². The van der Waals surface area contributed by atoms with E-state index < -0.39 is 0 Å². The summed E-state index contributed by atoms with van der Waals surface area (Å²) in [7, 11) is 1.67. The van der Waals surface area contributed by atoms with Crippen molar-refractivity contribution in [3.05, 3.63) is 23.8 Å². The summed E-state index contributed by atoms with van der Waals surface area (Å²) in [5.74, 6) is 2.58. The summed E-state index contributed by atoms with van der Waals surface area (Å²) in [5.41, 5.74) is 1.12. The molecule has 1 aromatic carbocycles. The van der Waals surface area contributed by atoms with E-state index in [-0.39, 0.29) is 12.2 Å². The maximum absolute atomic E-state index is 5.77. The van der Waals surface area contributed by atoms with Gasteiger partial charge in [0.05, 0.1) is 20.3 Å². The van der Waals surface area contributed by atoms with Crippen molar-refractivity contribution in [3.8, 4) is 11.5 Å². The molecule has 0 radical (unpaired) electrons. The van der Waals surface area contributed by atoms with Crippen molar-refractivity contribution < 1.29 is 18.9 Å². The minimum atomic E-state index is 0.111. The molecule has 1 heterocycles. The smallest absolute Gasteiger partial charge is 0.161 e. The van der Waals surface area contributed by atoms with E-state index in [1.54, 1.807) is 7.11 Å². The van der Waals surface area contributed by atoms with Gasteiger partial charge < -0.3 is 18.9 Å². The highest BCUT2D eigenvalue weighted by Crippen LogP contribution is 2.42. The first-order valence-electron chi connectivity index (χ1n) is 8.05. The van der Waals surface area contributed by atoms with Gasteiger partial charge in [-0.15, -0.1) is 0 Å². The second-order valence-corrected chi connectivity index (χ2v) is 6.64. The van der Waals surface area contributed by atoms with Crippen LogP contribution in [0.15, 0.2) is 18.2 Å². The van der Waals surface area contributed by atoms with Crippen molar-refractivity contribution >= 4 is 0 Å². The average Bonchev–Trinajstić information content (AvgIpc) is 3.24. The highest BCUT2D eigenvalue weighted by atomic mass is 16.6. The lowest BCUT2D eigenvalue weighted by Gasteiger charge is -2.13. The molecule has 0 amide bonds. The molecule has 1 fully saturated rings. The second-order valence-electron chi connectivity index (χ2n) is 6.64. The van der Waals surface area contributed by atoms with Gasteiger partial charge in [0.1, 0.15) is 12.2 Å². The number of methoxy groups -OCH3 is 1. The van der Waals surface area contributed by atoms with Crippen molar-refractivity contribution in [2.75, 3.05) is 26.9 Å². The summed E-state index contributed by atoms with van der Waals surface area (Å²) < 4.78 is 22.5. The molecular weight excluding hydrogens is 280 g/mol. The Morgan fingerprint density at radius 3 is 2.41 bits per heavy atom. The molecule has 22 heavy (non-hydrogen) atoms. The lowest BCUT2D eigenvalue weighted by molar-refractivity contribution is 0.0952. The molecule has 2 unspecified atom stereocenters. The maximum atomic E-state index is 5.77. The summed E-state index contributed by atoms with van der Waals surface area (Å²) in [6.45, 7) is 10.6. The Kier molecular flexibility index (Phi) is 6.09. The molecule has 2 rings (SSSR count). The molecule has 0 bridgehead atoms. The third-order valence-electron chi connectivity index (χ3n) is 3.40. The van der Waals surface area contributed by atoms with Gasteiger partial charge in [0.15, 0.2) is 11.5 Å². The number of ether oxygens (including phenoxy) is 4. The predicted octanol–water partition coefficient (Wildman–Crippen LogP) is 3.84. The molecular formula is C18H28O4. The molecule has 0 aliphatic carbocycles. The highest BCUT2D eigenvalue weighted by molar-refractivity contribution is 5.44. The predicted molar refractivity (Wildman–Crippen MR) is 86.6 cm³/mol. The monoisotopic (exact) mass is 308 g/mol. The molecule has 0 aromatic heterocycles. The number of hydrogen-bond acceptors (Lipinski definition) is 4. The van der Waals surface area contributed by atoms with Crippen LogP contribution in [0.5, 0.6) is 11.5 Å². The van der Waals surface area contributed by atoms with Crippen molar-refractivity contribution in [3.63, 3.8) is 0 Å². The first-order chi connectivity index (χ1) is 10.5. The molecule has 1 saturated heterocycles. The Labute approximate surface area is 133 Å². The number of hydrogen-bond donors (Lipinski definition) is 0. The summed E-state index contributed by atoms with van der Waals surface area (Å²) >= 11 is 0. The summed E-state index contributed by atoms with van der Waals surface area (Å²) in [5, 5.41) is 0. The normalized spacial score (nSPS) is 20.5. The topological polar surface area (TPSA) is 40.2 Å². The maximum Gasteiger partial charge on any atom is 0.161 e. The zero-order valence-corrected chi connectivity index (χ0v) is 14.3. The first kappa shape index (κ1) is 17.1. The van der Waals surface area contributed by atoms with Crippen LogP contribution >= 0.6 is 0 Å². The molecule has 1 aliphatic rings. The van der Waals surface area contributed by atoms with Crippen LogP contribution in [0.25, 0.3) is 0 Å². The van der Waals surface area contributed by atoms with E-state index >= 15 is 0 Å². The van der Waals surface area contributed by atoms with Crippen LogP contribution in [-0.4, -0.2) is 33.0 Å². The second kappa shape index (κ2) is 7.84. The zero-order chi connectivity index (χ0) is 16.1. The first-order valence-corrected chi connectivity index (χ1v) is 8.05. The van der Waals surface area contributed by atoms with Crippen LogP contribution in [0, 0.1) is 11.8 Å². The molecule has 4 nitrogen and oxygen atoms in total. The van der Waals surface area contributed by atoms with Gasteiger partial charge in [0, 0.05) is 6.61 Å². The lowest BCUT2D eigenvalue weighted by Crippen LogP contribution is -2.08.